The molecule has 0 aliphatic carbocycles. The fraction of sp³-hybridized carbons (Fsp3) is 0.296. The van der Waals surface area contributed by atoms with Gasteiger partial charge >= 0.3 is 0 Å². The molecule has 7 heteroatoms. The molecule has 1 amide bonds. The predicted molar refractivity (Wildman–Crippen MR) is 134 cm³/mol. The molecule has 2 aromatic heterocycles. The van der Waals surface area contributed by atoms with Crippen molar-refractivity contribution in [3.8, 4) is 28.1 Å². The maximum absolute atomic E-state index is 12.2. The van der Waals surface area contributed by atoms with Crippen molar-refractivity contribution in [1.29, 1.82) is 0 Å². The molecule has 0 saturated carbocycles. The summed E-state index contributed by atoms with van der Waals surface area (Å²) >= 11 is 0. The summed E-state index contributed by atoms with van der Waals surface area (Å²) in [5.74, 6) is 0.873. The molecule has 3 heterocycles. The van der Waals surface area contributed by atoms with Gasteiger partial charge < -0.3 is 14.6 Å². The summed E-state index contributed by atoms with van der Waals surface area (Å²) in [4.78, 5) is 29.0. The van der Waals surface area contributed by atoms with Gasteiger partial charge in [0.15, 0.2) is 5.65 Å². The van der Waals surface area contributed by atoms with E-state index >= 15 is 0 Å². The lowest BCUT2D eigenvalue weighted by molar-refractivity contribution is 0.0827. The lowest BCUT2D eigenvalue weighted by Crippen LogP contribution is -2.35. The minimum atomic E-state index is -0.0191. The van der Waals surface area contributed by atoms with Crippen molar-refractivity contribution in [3.63, 3.8) is 0 Å². The summed E-state index contributed by atoms with van der Waals surface area (Å²) in [5, 5.41) is 0. The standard InChI is InChI=1S/C27H29N5O2/c1-16-10-19-11-20(12-24(34-5)22(19)15-32(16)4)23-14-29-26-25(30-23)21(13-28-26)17-6-8-18(9-7-17)27(33)31(2)3/h6-9,11-14,16H,10,15H2,1-5H3,(H,28,29). The number of fused-ring (bicyclic) bond motifs is 2. The Balaban J connectivity index is 1.55. The minimum Gasteiger partial charge on any atom is -0.496 e. The van der Waals surface area contributed by atoms with Crippen LogP contribution in [0.4, 0.5) is 0 Å². The highest BCUT2D eigenvalue weighted by atomic mass is 16.5. The lowest BCUT2D eigenvalue weighted by atomic mass is 9.92. The molecule has 1 atom stereocenters. The second-order valence-corrected chi connectivity index (χ2v) is 9.22. The first-order valence-corrected chi connectivity index (χ1v) is 11.4. The molecule has 5 rings (SSSR count). The third-order valence-electron chi connectivity index (χ3n) is 6.72. The third kappa shape index (κ3) is 3.82. The van der Waals surface area contributed by atoms with Gasteiger partial charge in [-0.2, -0.15) is 0 Å². The number of nitrogens with one attached hydrogen (secondary N) is 1. The van der Waals surface area contributed by atoms with E-state index in [1.54, 1.807) is 32.3 Å². The van der Waals surface area contributed by atoms with E-state index in [1.807, 2.05) is 30.5 Å². The number of carbonyl (C=O) groups is 1. The smallest absolute Gasteiger partial charge is 0.253 e. The maximum Gasteiger partial charge on any atom is 0.253 e. The monoisotopic (exact) mass is 455 g/mol. The van der Waals surface area contributed by atoms with E-state index in [2.05, 4.69) is 41.0 Å². The average molecular weight is 456 g/mol. The van der Waals surface area contributed by atoms with E-state index in [9.17, 15) is 4.79 Å². The Morgan fingerprint density at radius 3 is 2.65 bits per heavy atom. The van der Waals surface area contributed by atoms with E-state index < -0.39 is 0 Å². The summed E-state index contributed by atoms with van der Waals surface area (Å²) in [5.41, 5.74) is 8.47. The van der Waals surface area contributed by atoms with E-state index in [-0.39, 0.29) is 5.91 Å². The van der Waals surface area contributed by atoms with Crippen molar-refractivity contribution >= 4 is 17.1 Å². The third-order valence-corrected chi connectivity index (χ3v) is 6.72. The van der Waals surface area contributed by atoms with Gasteiger partial charge in [-0.05, 0) is 55.8 Å². The summed E-state index contributed by atoms with van der Waals surface area (Å²) in [6, 6.07) is 12.4. The summed E-state index contributed by atoms with van der Waals surface area (Å²) in [7, 11) is 7.38. The van der Waals surface area contributed by atoms with Crippen LogP contribution in [-0.4, -0.2) is 65.0 Å². The number of carbonyl (C=O) groups excluding carboxylic acids is 1. The minimum absolute atomic E-state index is 0.0191. The van der Waals surface area contributed by atoms with E-state index in [0.29, 0.717) is 11.6 Å². The Morgan fingerprint density at radius 2 is 1.94 bits per heavy atom. The Hall–Kier alpha value is -3.71. The number of nitrogens with zero attached hydrogens (tertiary/aromatic N) is 4. The second-order valence-electron chi connectivity index (χ2n) is 9.22. The molecule has 174 valence electrons. The fourth-order valence-electron chi connectivity index (χ4n) is 4.58. The molecule has 1 aliphatic heterocycles. The number of aromatic amines is 1. The van der Waals surface area contributed by atoms with E-state index in [1.165, 1.54) is 11.1 Å². The number of methoxy groups -OCH3 is 1. The SMILES string of the molecule is COc1cc(-c2cnc3[nH]cc(-c4ccc(C(=O)N(C)C)cc4)c3n2)cc2c1CN(C)C(C)C2. The molecule has 1 unspecified atom stereocenters. The van der Waals surface area contributed by atoms with Gasteiger partial charge in [0.2, 0.25) is 0 Å². The van der Waals surface area contributed by atoms with Crippen LogP contribution in [0.25, 0.3) is 33.5 Å². The van der Waals surface area contributed by atoms with Crippen molar-refractivity contribution in [3.05, 3.63) is 65.5 Å². The van der Waals surface area contributed by atoms with Crippen LogP contribution in [0.1, 0.15) is 28.4 Å². The molecule has 0 fully saturated rings. The summed E-state index contributed by atoms with van der Waals surface area (Å²) < 4.78 is 5.76. The fourth-order valence-corrected chi connectivity index (χ4v) is 4.58. The quantitative estimate of drug-likeness (QED) is 0.494. The molecule has 1 aliphatic rings. The van der Waals surface area contributed by atoms with Gasteiger partial charge in [-0.1, -0.05) is 12.1 Å². The lowest BCUT2D eigenvalue weighted by Gasteiger charge is -2.32. The van der Waals surface area contributed by atoms with Gasteiger partial charge in [-0.25, -0.2) is 9.97 Å². The maximum atomic E-state index is 12.2. The highest BCUT2D eigenvalue weighted by molar-refractivity contribution is 5.96. The molecule has 4 aromatic rings. The molecular formula is C27H29N5O2. The van der Waals surface area contributed by atoms with Gasteiger partial charge in [0, 0.05) is 55.1 Å². The van der Waals surface area contributed by atoms with Crippen LogP contribution in [-0.2, 0) is 13.0 Å². The summed E-state index contributed by atoms with van der Waals surface area (Å²) in [6.45, 7) is 3.12. The van der Waals surface area contributed by atoms with Crippen LogP contribution >= 0.6 is 0 Å². The number of hydrogen-bond donors (Lipinski definition) is 1. The van der Waals surface area contributed by atoms with Crippen LogP contribution in [0, 0.1) is 0 Å². The van der Waals surface area contributed by atoms with Gasteiger partial charge in [-0.3, -0.25) is 9.69 Å². The highest BCUT2D eigenvalue weighted by Crippen LogP contribution is 2.35. The second kappa shape index (κ2) is 8.57. The van der Waals surface area contributed by atoms with Gasteiger partial charge in [0.25, 0.3) is 5.91 Å². The number of likely N-dealkylation sites (N-methyl/N-ethyl adjacent to an activating group) is 1. The van der Waals surface area contributed by atoms with Crippen molar-refractivity contribution in [2.45, 2.75) is 25.9 Å². The molecule has 0 bridgehead atoms. The van der Waals surface area contributed by atoms with Crippen LogP contribution in [0.5, 0.6) is 5.75 Å². The Morgan fingerprint density at radius 1 is 1.18 bits per heavy atom. The number of rotatable bonds is 4. The number of amides is 1. The topological polar surface area (TPSA) is 74.3 Å². The van der Waals surface area contributed by atoms with E-state index in [0.717, 1.165) is 52.3 Å². The zero-order chi connectivity index (χ0) is 24.0. The predicted octanol–water partition coefficient (Wildman–Crippen LogP) is 4.38. The largest absolute Gasteiger partial charge is 0.496 e. The zero-order valence-corrected chi connectivity index (χ0v) is 20.2. The Bertz CT molecular complexity index is 1370. The first kappa shape index (κ1) is 22.1. The van der Waals surface area contributed by atoms with Crippen LogP contribution in [0.2, 0.25) is 0 Å². The van der Waals surface area contributed by atoms with Crippen molar-refractivity contribution < 1.29 is 9.53 Å². The van der Waals surface area contributed by atoms with Crippen LogP contribution in [0.15, 0.2) is 48.8 Å². The molecule has 34 heavy (non-hydrogen) atoms. The van der Waals surface area contributed by atoms with Crippen LogP contribution in [0.3, 0.4) is 0 Å². The first-order chi connectivity index (χ1) is 16.4. The molecule has 0 radical (unpaired) electrons. The number of hydrogen-bond acceptors (Lipinski definition) is 5. The van der Waals surface area contributed by atoms with Crippen molar-refractivity contribution in [1.82, 2.24) is 24.8 Å². The molecule has 0 saturated heterocycles. The number of benzene rings is 2. The normalized spacial score (nSPS) is 15.9. The Labute approximate surface area is 199 Å². The van der Waals surface area contributed by atoms with Gasteiger partial charge in [0.05, 0.1) is 19.0 Å². The van der Waals surface area contributed by atoms with Gasteiger partial charge in [0.1, 0.15) is 11.3 Å². The van der Waals surface area contributed by atoms with E-state index in [4.69, 9.17) is 9.72 Å². The Kier molecular flexibility index (Phi) is 5.57. The molecule has 2 aromatic carbocycles. The van der Waals surface area contributed by atoms with Crippen LogP contribution < -0.4 is 4.74 Å². The number of ether oxygens (including phenoxy) is 1. The molecular weight excluding hydrogens is 426 g/mol. The zero-order valence-electron chi connectivity index (χ0n) is 20.2. The molecule has 0 spiro atoms. The number of aromatic nitrogens is 3. The number of H-pyrrole nitrogens is 1. The highest BCUT2D eigenvalue weighted by Gasteiger charge is 2.24. The summed E-state index contributed by atoms with van der Waals surface area (Å²) in [6.07, 6.45) is 4.70. The van der Waals surface area contributed by atoms with Gasteiger partial charge in [-0.15, -0.1) is 0 Å². The molecule has 7 nitrogen and oxygen atoms in total. The average Bonchev–Trinajstić information content (AvgIpc) is 3.27. The molecule has 1 N–H and O–H groups in total. The first-order valence-electron chi connectivity index (χ1n) is 11.4. The van der Waals surface area contributed by atoms with Crippen molar-refractivity contribution in [2.24, 2.45) is 0 Å². The van der Waals surface area contributed by atoms with Crippen molar-refractivity contribution in [2.75, 3.05) is 28.3 Å².